The van der Waals surface area contributed by atoms with Gasteiger partial charge in [-0.3, -0.25) is 0 Å². The Morgan fingerprint density at radius 1 is 1.37 bits per heavy atom. The number of nitrogens with zero attached hydrogens (tertiary/aromatic N) is 1. The van der Waals surface area contributed by atoms with Crippen LogP contribution in [-0.2, 0) is 16.4 Å². The summed E-state index contributed by atoms with van der Waals surface area (Å²) in [6.45, 7) is 5.39. The van der Waals surface area contributed by atoms with Gasteiger partial charge in [-0.2, -0.15) is 4.31 Å². The van der Waals surface area contributed by atoms with Gasteiger partial charge in [0.1, 0.15) is 4.21 Å². The highest BCUT2D eigenvalue weighted by Gasteiger charge is 2.34. The number of hydrogen-bond acceptors (Lipinski definition) is 4. The molecule has 6 heteroatoms. The Labute approximate surface area is 119 Å². The van der Waals surface area contributed by atoms with Crippen LogP contribution >= 0.6 is 11.3 Å². The summed E-state index contributed by atoms with van der Waals surface area (Å²) in [4.78, 5) is 1.12. The number of sulfonamides is 1. The van der Waals surface area contributed by atoms with E-state index in [-0.39, 0.29) is 5.54 Å². The molecule has 1 aliphatic heterocycles. The number of rotatable bonds is 4. The van der Waals surface area contributed by atoms with E-state index in [9.17, 15) is 8.42 Å². The van der Waals surface area contributed by atoms with Crippen molar-refractivity contribution in [1.29, 1.82) is 0 Å². The van der Waals surface area contributed by atoms with Gasteiger partial charge in [0, 0.05) is 23.5 Å². The van der Waals surface area contributed by atoms with Crippen LogP contribution in [0.25, 0.3) is 0 Å². The predicted molar refractivity (Wildman–Crippen MR) is 79.2 cm³/mol. The van der Waals surface area contributed by atoms with Gasteiger partial charge in [-0.25, -0.2) is 8.42 Å². The molecule has 1 aromatic rings. The van der Waals surface area contributed by atoms with Crippen LogP contribution in [0, 0.1) is 0 Å². The number of piperidine rings is 1. The van der Waals surface area contributed by atoms with Gasteiger partial charge in [-0.1, -0.05) is 6.92 Å². The molecular formula is C13H22N2O2S2. The zero-order valence-electron chi connectivity index (χ0n) is 11.8. The van der Waals surface area contributed by atoms with E-state index < -0.39 is 10.0 Å². The summed E-state index contributed by atoms with van der Waals surface area (Å²) in [5, 5.41) is 3.29. The lowest BCUT2D eigenvalue weighted by molar-refractivity contribution is 0.220. The van der Waals surface area contributed by atoms with Crippen LogP contribution < -0.4 is 5.32 Å². The minimum Gasteiger partial charge on any atom is -0.314 e. The van der Waals surface area contributed by atoms with Crippen molar-refractivity contribution < 1.29 is 8.42 Å². The van der Waals surface area contributed by atoms with Gasteiger partial charge in [0.05, 0.1) is 0 Å². The summed E-state index contributed by atoms with van der Waals surface area (Å²) in [6.07, 6.45) is 2.60. The Morgan fingerprint density at radius 2 is 2.00 bits per heavy atom. The molecule has 19 heavy (non-hydrogen) atoms. The molecule has 2 rings (SSSR count). The number of thiophene rings is 1. The molecule has 0 spiro atoms. The first-order chi connectivity index (χ1) is 8.91. The van der Waals surface area contributed by atoms with Crippen LogP contribution in [-0.4, -0.2) is 38.4 Å². The van der Waals surface area contributed by atoms with E-state index in [1.807, 2.05) is 20.0 Å². The van der Waals surface area contributed by atoms with Crippen LogP contribution in [0.5, 0.6) is 0 Å². The zero-order chi connectivity index (χ0) is 14.1. The third-order valence-electron chi connectivity index (χ3n) is 4.01. The van der Waals surface area contributed by atoms with Crippen LogP contribution in [0.3, 0.4) is 0 Å². The lowest BCUT2D eigenvalue weighted by Gasteiger charge is -2.38. The quantitative estimate of drug-likeness (QED) is 0.926. The molecule has 0 amide bonds. The van der Waals surface area contributed by atoms with Gasteiger partial charge >= 0.3 is 0 Å². The second kappa shape index (κ2) is 5.52. The maximum absolute atomic E-state index is 12.5. The maximum Gasteiger partial charge on any atom is 0.252 e. The van der Waals surface area contributed by atoms with Crippen molar-refractivity contribution in [2.45, 2.75) is 42.9 Å². The number of hydrogen-bond donors (Lipinski definition) is 1. The van der Waals surface area contributed by atoms with Gasteiger partial charge < -0.3 is 5.32 Å². The Bertz CT molecular complexity index is 529. The van der Waals surface area contributed by atoms with Gasteiger partial charge in [-0.05, 0) is 45.4 Å². The third kappa shape index (κ3) is 3.02. The first-order valence-electron chi connectivity index (χ1n) is 6.69. The normalized spacial score (nSPS) is 20.6. The van der Waals surface area contributed by atoms with E-state index in [1.165, 1.54) is 11.3 Å². The summed E-state index contributed by atoms with van der Waals surface area (Å²) in [6, 6.07) is 3.66. The molecule has 0 saturated carbocycles. The second-order valence-corrected chi connectivity index (χ2v) is 8.62. The van der Waals surface area contributed by atoms with E-state index in [2.05, 4.69) is 12.2 Å². The Hall–Kier alpha value is -0.430. The Morgan fingerprint density at radius 3 is 2.47 bits per heavy atom. The average Bonchev–Trinajstić information content (AvgIpc) is 2.89. The van der Waals surface area contributed by atoms with Crippen molar-refractivity contribution in [1.82, 2.24) is 9.62 Å². The van der Waals surface area contributed by atoms with Crippen LogP contribution in [0.4, 0.5) is 0 Å². The van der Waals surface area contributed by atoms with Crippen molar-refractivity contribution >= 4 is 21.4 Å². The van der Waals surface area contributed by atoms with Crippen molar-refractivity contribution in [3.05, 3.63) is 17.0 Å². The van der Waals surface area contributed by atoms with Crippen LogP contribution in [0.2, 0.25) is 0 Å². The molecule has 0 bridgehead atoms. The second-order valence-electron chi connectivity index (χ2n) is 5.29. The van der Waals surface area contributed by atoms with E-state index in [1.54, 1.807) is 10.4 Å². The minimum absolute atomic E-state index is 0.0655. The summed E-state index contributed by atoms with van der Waals surface area (Å²) in [5.74, 6) is 0. The fourth-order valence-electron chi connectivity index (χ4n) is 2.28. The zero-order valence-corrected chi connectivity index (χ0v) is 13.4. The molecule has 1 aromatic heterocycles. The number of nitrogens with one attached hydrogen (secondary N) is 1. The van der Waals surface area contributed by atoms with Crippen molar-refractivity contribution in [3.63, 3.8) is 0 Å². The molecule has 0 aromatic carbocycles. The fraction of sp³-hybridized carbons (Fsp3) is 0.692. The smallest absolute Gasteiger partial charge is 0.252 e. The first kappa shape index (κ1) is 15.0. The van der Waals surface area contributed by atoms with Crippen molar-refractivity contribution in [2.75, 3.05) is 20.1 Å². The fourth-order valence-corrected chi connectivity index (χ4v) is 5.18. The lowest BCUT2D eigenvalue weighted by atomic mass is 9.91. The van der Waals surface area contributed by atoms with Crippen LogP contribution in [0.15, 0.2) is 16.3 Å². The molecule has 2 heterocycles. The molecule has 0 radical (unpaired) electrons. The molecule has 1 N–H and O–H groups in total. The molecule has 1 aliphatic rings. The van der Waals surface area contributed by atoms with Crippen LogP contribution in [0.1, 0.15) is 31.6 Å². The Kier molecular flexibility index (Phi) is 4.35. The SMILES string of the molecule is CCc1ccc(S(=O)(=O)N2CCC(C)(NC)CC2)s1. The monoisotopic (exact) mass is 302 g/mol. The average molecular weight is 302 g/mol. The highest BCUT2D eigenvalue weighted by Crippen LogP contribution is 2.29. The van der Waals surface area contributed by atoms with E-state index in [4.69, 9.17) is 0 Å². The molecule has 0 atom stereocenters. The standard InChI is InChI=1S/C13H22N2O2S2/c1-4-11-5-6-12(18-11)19(16,17)15-9-7-13(2,14-3)8-10-15/h5-6,14H,4,7-10H2,1-3H3. The topological polar surface area (TPSA) is 49.4 Å². The van der Waals surface area contributed by atoms with Gasteiger partial charge in [0.15, 0.2) is 0 Å². The van der Waals surface area contributed by atoms with E-state index in [0.29, 0.717) is 17.3 Å². The first-order valence-corrected chi connectivity index (χ1v) is 8.95. The summed E-state index contributed by atoms with van der Waals surface area (Å²) in [7, 11) is -1.34. The molecule has 108 valence electrons. The van der Waals surface area contributed by atoms with Gasteiger partial charge in [-0.15, -0.1) is 11.3 Å². The maximum atomic E-state index is 12.5. The lowest BCUT2D eigenvalue weighted by Crippen LogP contribution is -2.51. The van der Waals surface area contributed by atoms with Gasteiger partial charge in [0.2, 0.25) is 0 Å². The van der Waals surface area contributed by atoms with E-state index >= 15 is 0 Å². The highest BCUT2D eigenvalue weighted by atomic mass is 32.2. The summed E-state index contributed by atoms with van der Waals surface area (Å²) >= 11 is 1.39. The van der Waals surface area contributed by atoms with Crippen molar-refractivity contribution in [3.8, 4) is 0 Å². The highest BCUT2D eigenvalue weighted by molar-refractivity contribution is 7.91. The Balaban J connectivity index is 2.14. The largest absolute Gasteiger partial charge is 0.314 e. The van der Waals surface area contributed by atoms with Gasteiger partial charge in [0.25, 0.3) is 10.0 Å². The summed E-state index contributed by atoms with van der Waals surface area (Å²) < 4.78 is 27.2. The van der Waals surface area contributed by atoms with E-state index in [0.717, 1.165) is 24.1 Å². The van der Waals surface area contributed by atoms with Crippen molar-refractivity contribution in [2.24, 2.45) is 0 Å². The molecule has 4 nitrogen and oxygen atoms in total. The molecular weight excluding hydrogens is 280 g/mol. The molecule has 1 fully saturated rings. The third-order valence-corrected chi connectivity index (χ3v) is 7.60. The molecule has 0 unspecified atom stereocenters. The minimum atomic E-state index is -3.29. The molecule has 1 saturated heterocycles. The summed E-state index contributed by atoms with van der Waals surface area (Å²) in [5.41, 5.74) is 0.0655. The predicted octanol–water partition coefficient (Wildman–Crippen LogP) is 2.07. The number of aryl methyl sites for hydroxylation is 1. The molecule has 0 aliphatic carbocycles.